The topological polar surface area (TPSA) is 73.3 Å². The molecule has 1 aromatic heterocycles. The lowest BCUT2D eigenvalue weighted by atomic mass is 9.97. The Balaban J connectivity index is 2.37. The van der Waals surface area contributed by atoms with Gasteiger partial charge in [-0.2, -0.15) is 5.10 Å². The Morgan fingerprint density at radius 1 is 1.32 bits per heavy atom. The molecule has 0 aliphatic rings. The summed E-state index contributed by atoms with van der Waals surface area (Å²) in [6.07, 6.45) is -0.856. The van der Waals surface area contributed by atoms with Gasteiger partial charge in [-0.1, -0.05) is 30.3 Å². The lowest BCUT2D eigenvalue weighted by molar-refractivity contribution is 0.142. The van der Waals surface area contributed by atoms with E-state index in [-0.39, 0.29) is 0 Å². The molecule has 5 nitrogen and oxygen atoms in total. The van der Waals surface area contributed by atoms with Gasteiger partial charge in [0.25, 0.3) is 0 Å². The van der Waals surface area contributed by atoms with Crippen LogP contribution >= 0.6 is 0 Å². The number of rotatable bonds is 4. The molecule has 1 aromatic carbocycles. The van der Waals surface area contributed by atoms with Crippen LogP contribution in [0.5, 0.6) is 5.88 Å². The normalized spacial score (nSPS) is 14.2. The summed E-state index contributed by atoms with van der Waals surface area (Å²) in [5, 5.41) is 14.7. The minimum Gasteiger partial charge on any atom is -0.481 e. The van der Waals surface area contributed by atoms with Crippen LogP contribution in [0.4, 0.5) is 0 Å². The van der Waals surface area contributed by atoms with Gasteiger partial charge in [0.05, 0.1) is 24.4 Å². The van der Waals surface area contributed by atoms with Gasteiger partial charge in [0.1, 0.15) is 6.10 Å². The van der Waals surface area contributed by atoms with Crippen LogP contribution in [0.15, 0.2) is 30.3 Å². The minimum atomic E-state index is -0.856. The molecule has 19 heavy (non-hydrogen) atoms. The van der Waals surface area contributed by atoms with Crippen LogP contribution in [-0.4, -0.2) is 22.0 Å². The average molecular weight is 261 g/mol. The van der Waals surface area contributed by atoms with E-state index in [1.54, 1.807) is 18.8 Å². The van der Waals surface area contributed by atoms with Crippen molar-refractivity contribution in [3.63, 3.8) is 0 Å². The third-order valence-corrected chi connectivity index (χ3v) is 3.23. The Bertz CT molecular complexity index is 551. The predicted octanol–water partition coefficient (Wildman–Crippen LogP) is 1.47. The van der Waals surface area contributed by atoms with E-state index >= 15 is 0 Å². The van der Waals surface area contributed by atoms with Gasteiger partial charge in [-0.15, -0.1) is 0 Å². The van der Waals surface area contributed by atoms with Crippen molar-refractivity contribution in [3.05, 3.63) is 47.2 Å². The largest absolute Gasteiger partial charge is 0.481 e. The molecule has 0 amide bonds. The standard InChI is InChI=1S/C14H19N3O2/c1-9-11(14(19-3)17(2)16-9)13(18)12(15)10-7-5-4-6-8-10/h4-8,12-13,18H,15H2,1-3H3. The van der Waals surface area contributed by atoms with Crippen molar-refractivity contribution in [1.82, 2.24) is 9.78 Å². The number of nitrogens with zero attached hydrogens (tertiary/aromatic N) is 2. The molecular weight excluding hydrogens is 242 g/mol. The number of hydrogen-bond acceptors (Lipinski definition) is 4. The van der Waals surface area contributed by atoms with Crippen molar-refractivity contribution >= 4 is 0 Å². The molecule has 2 atom stereocenters. The van der Waals surface area contributed by atoms with Gasteiger partial charge in [0, 0.05) is 7.05 Å². The van der Waals surface area contributed by atoms with Gasteiger partial charge >= 0.3 is 0 Å². The SMILES string of the molecule is COc1c(C(O)C(N)c2ccccc2)c(C)nn1C. The first-order valence-corrected chi connectivity index (χ1v) is 6.12. The summed E-state index contributed by atoms with van der Waals surface area (Å²) in [5.41, 5.74) is 8.37. The molecular formula is C14H19N3O2. The van der Waals surface area contributed by atoms with Crippen molar-refractivity contribution in [2.24, 2.45) is 12.8 Å². The van der Waals surface area contributed by atoms with Crippen LogP contribution in [-0.2, 0) is 7.05 Å². The highest BCUT2D eigenvalue weighted by molar-refractivity contribution is 5.36. The summed E-state index contributed by atoms with van der Waals surface area (Å²) in [5.74, 6) is 0.538. The summed E-state index contributed by atoms with van der Waals surface area (Å²) in [7, 11) is 3.33. The predicted molar refractivity (Wildman–Crippen MR) is 72.8 cm³/mol. The van der Waals surface area contributed by atoms with Gasteiger partial charge in [0.2, 0.25) is 5.88 Å². The molecule has 2 aromatic rings. The maximum absolute atomic E-state index is 10.5. The van der Waals surface area contributed by atoms with Gasteiger partial charge in [0.15, 0.2) is 0 Å². The van der Waals surface area contributed by atoms with E-state index in [1.165, 1.54) is 0 Å². The van der Waals surface area contributed by atoms with Crippen molar-refractivity contribution in [2.75, 3.05) is 7.11 Å². The molecule has 2 rings (SSSR count). The van der Waals surface area contributed by atoms with Crippen LogP contribution < -0.4 is 10.5 Å². The van der Waals surface area contributed by atoms with E-state index < -0.39 is 12.1 Å². The fourth-order valence-electron chi connectivity index (χ4n) is 2.27. The molecule has 0 radical (unpaired) electrons. The lowest BCUT2D eigenvalue weighted by Gasteiger charge is -2.20. The number of ether oxygens (including phenoxy) is 1. The summed E-state index contributed by atoms with van der Waals surface area (Å²) >= 11 is 0. The number of methoxy groups -OCH3 is 1. The van der Waals surface area contributed by atoms with Crippen LogP contribution in [0.3, 0.4) is 0 Å². The van der Waals surface area contributed by atoms with Gasteiger partial charge < -0.3 is 15.6 Å². The van der Waals surface area contributed by atoms with E-state index in [0.29, 0.717) is 11.4 Å². The number of aryl methyl sites for hydroxylation is 2. The third kappa shape index (κ3) is 2.47. The molecule has 5 heteroatoms. The highest BCUT2D eigenvalue weighted by Crippen LogP contribution is 2.34. The van der Waals surface area contributed by atoms with E-state index in [4.69, 9.17) is 10.5 Å². The zero-order valence-electron chi connectivity index (χ0n) is 11.4. The Hall–Kier alpha value is -1.85. The monoisotopic (exact) mass is 261 g/mol. The smallest absolute Gasteiger partial charge is 0.217 e. The summed E-state index contributed by atoms with van der Waals surface area (Å²) < 4.78 is 6.89. The number of nitrogens with two attached hydrogens (primary N) is 1. The molecule has 3 N–H and O–H groups in total. The first-order valence-electron chi connectivity index (χ1n) is 6.12. The van der Waals surface area contributed by atoms with E-state index in [0.717, 1.165) is 11.3 Å². The van der Waals surface area contributed by atoms with Crippen molar-refractivity contribution < 1.29 is 9.84 Å². The molecule has 0 aliphatic heterocycles. The minimum absolute atomic E-state index is 0.516. The third-order valence-electron chi connectivity index (χ3n) is 3.23. The molecule has 1 heterocycles. The van der Waals surface area contributed by atoms with Crippen LogP contribution in [0.25, 0.3) is 0 Å². The summed E-state index contributed by atoms with van der Waals surface area (Å²) in [6, 6.07) is 8.99. The number of aliphatic hydroxyl groups is 1. The van der Waals surface area contributed by atoms with Gasteiger partial charge in [-0.05, 0) is 12.5 Å². The fraction of sp³-hybridized carbons (Fsp3) is 0.357. The molecule has 2 unspecified atom stereocenters. The molecule has 102 valence electrons. The van der Waals surface area contributed by atoms with Crippen LogP contribution in [0.1, 0.15) is 29.0 Å². The van der Waals surface area contributed by atoms with Crippen LogP contribution in [0.2, 0.25) is 0 Å². The Morgan fingerprint density at radius 3 is 2.53 bits per heavy atom. The first-order chi connectivity index (χ1) is 9.06. The molecule has 0 spiro atoms. The first kappa shape index (κ1) is 13.6. The highest BCUT2D eigenvalue weighted by atomic mass is 16.5. The number of aliphatic hydroxyl groups excluding tert-OH is 1. The van der Waals surface area contributed by atoms with Crippen molar-refractivity contribution in [1.29, 1.82) is 0 Å². The number of aromatic nitrogens is 2. The van der Waals surface area contributed by atoms with Crippen LogP contribution in [0, 0.1) is 6.92 Å². The number of hydrogen-bond donors (Lipinski definition) is 2. The van der Waals surface area contributed by atoms with Crippen molar-refractivity contribution in [3.8, 4) is 5.88 Å². The average Bonchev–Trinajstić information content (AvgIpc) is 2.72. The van der Waals surface area contributed by atoms with E-state index in [1.807, 2.05) is 37.3 Å². The molecule has 0 saturated carbocycles. The molecule has 0 aliphatic carbocycles. The Morgan fingerprint density at radius 2 is 1.95 bits per heavy atom. The van der Waals surface area contributed by atoms with Crippen molar-refractivity contribution in [2.45, 2.75) is 19.1 Å². The second-order valence-corrected chi connectivity index (χ2v) is 4.51. The zero-order valence-corrected chi connectivity index (χ0v) is 11.4. The van der Waals surface area contributed by atoms with E-state index in [2.05, 4.69) is 5.10 Å². The Kier molecular flexibility index (Phi) is 3.87. The maximum Gasteiger partial charge on any atom is 0.217 e. The molecule has 0 fully saturated rings. The maximum atomic E-state index is 10.5. The number of benzene rings is 1. The van der Waals surface area contributed by atoms with E-state index in [9.17, 15) is 5.11 Å². The molecule has 0 saturated heterocycles. The summed E-state index contributed by atoms with van der Waals surface area (Å²) in [4.78, 5) is 0. The zero-order chi connectivity index (χ0) is 14.0. The van der Waals surface area contributed by atoms with Gasteiger partial charge in [-0.25, -0.2) is 4.68 Å². The Labute approximate surface area is 112 Å². The lowest BCUT2D eigenvalue weighted by Crippen LogP contribution is -2.20. The fourth-order valence-corrected chi connectivity index (χ4v) is 2.27. The second kappa shape index (κ2) is 5.42. The highest BCUT2D eigenvalue weighted by Gasteiger charge is 2.27. The quantitative estimate of drug-likeness (QED) is 0.874. The second-order valence-electron chi connectivity index (χ2n) is 4.51. The van der Waals surface area contributed by atoms with Gasteiger partial charge in [-0.3, -0.25) is 0 Å². The summed E-state index contributed by atoms with van der Waals surface area (Å²) in [6.45, 7) is 1.83. The molecule has 0 bridgehead atoms.